The summed E-state index contributed by atoms with van der Waals surface area (Å²) in [6, 6.07) is 6.80. The van der Waals surface area contributed by atoms with Crippen LogP contribution in [-0.2, 0) is 0 Å². The van der Waals surface area contributed by atoms with Crippen LogP contribution < -0.4 is 11.3 Å². The highest BCUT2D eigenvalue weighted by Crippen LogP contribution is 2.24. The van der Waals surface area contributed by atoms with Gasteiger partial charge in [0.2, 0.25) is 0 Å². The van der Waals surface area contributed by atoms with E-state index in [1.807, 2.05) is 0 Å². The summed E-state index contributed by atoms with van der Waals surface area (Å²) in [6.07, 6.45) is 10.6. The van der Waals surface area contributed by atoms with Crippen molar-refractivity contribution in [2.75, 3.05) is 0 Å². The molecule has 1 unspecified atom stereocenters. The van der Waals surface area contributed by atoms with Crippen LogP contribution in [0.4, 0.5) is 0 Å². The summed E-state index contributed by atoms with van der Waals surface area (Å²) in [5.74, 6) is 5.75. The molecule has 1 rings (SSSR count). The molecule has 1 atom stereocenters. The number of nitrogens with one attached hydrogen (secondary N) is 1. The molecule has 0 spiro atoms. The molecule has 1 aromatic carbocycles. The molecule has 0 aliphatic carbocycles. The summed E-state index contributed by atoms with van der Waals surface area (Å²) < 4.78 is 0. The van der Waals surface area contributed by atoms with E-state index in [9.17, 15) is 0 Å². The minimum Gasteiger partial charge on any atom is -0.271 e. The lowest BCUT2D eigenvalue weighted by Gasteiger charge is -2.19. The van der Waals surface area contributed by atoms with Gasteiger partial charge in [0.15, 0.2) is 0 Å². The molecule has 0 aromatic heterocycles. The highest BCUT2D eigenvalue weighted by atomic mass is 15.2. The van der Waals surface area contributed by atoms with E-state index in [1.54, 1.807) is 0 Å². The lowest BCUT2D eigenvalue weighted by atomic mass is 9.94. The van der Waals surface area contributed by atoms with Gasteiger partial charge in [0, 0.05) is 6.04 Å². The van der Waals surface area contributed by atoms with Gasteiger partial charge in [-0.3, -0.25) is 11.3 Å². The van der Waals surface area contributed by atoms with E-state index in [1.165, 1.54) is 61.6 Å². The Labute approximate surface area is 125 Å². The van der Waals surface area contributed by atoms with Gasteiger partial charge in [-0.25, -0.2) is 0 Å². The number of rotatable bonds is 10. The van der Waals surface area contributed by atoms with Crippen molar-refractivity contribution in [3.8, 4) is 0 Å². The van der Waals surface area contributed by atoms with E-state index >= 15 is 0 Å². The van der Waals surface area contributed by atoms with Gasteiger partial charge in [-0.2, -0.15) is 0 Å². The molecule has 0 aliphatic heterocycles. The summed E-state index contributed by atoms with van der Waals surface area (Å²) in [6.45, 7) is 6.63. The number of unbranched alkanes of at least 4 members (excludes halogenated alkanes) is 6. The molecule has 2 heteroatoms. The second-order valence-corrected chi connectivity index (χ2v) is 5.92. The minimum absolute atomic E-state index is 0.297. The third-order valence-electron chi connectivity index (χ3n) is 4.32. The van der Waals surface area contributed by atoms with Crippen molar-refractivity contribution in [2.24, 2.45) is 5.84 Å². The minimum atomic E-state index is 0.297. The third kappa shape index (κ3) is 5.64. The fourth-order valence-electron chi connectivity index (χ4n) is 2.79. The van der Waals surface area contributed by atoms with Gasteiger partial charge in [-0.1, -0.05) is 70.1 Å². The second-order valence-electron chi connectivity index (χ2n) is 5.92. The molecule has 0 radical (unpaired) electrons. The van der Waals surface area contributed by atoms with Gasteiger partial charge in [0.05, 0.1) is 0 Å². The standard InChI is InChI=1S/C18H32N2/c1-4-5-6-7-8-9-10-14-18(20-19)17-13-11-12-15(2)16(17)3/h11-13,18,20H,4-10,14,19H2,1-3H3. The predicted octanol–water partition coefficient (Wildman–Crippen LogP) is 4.95. The number of hydrazine groups is 1. The van der Waals surface area contributed by atoms with Crippen LogP contribution in [0.3, 0.4) is 0 Å². The zero-order valence-electron chi connectivity index (χ0n) is 13.5. The summed E-state index contributed by atoms with van der Waals surface area (Å²) in [5, 5.41) is 0. The second kappa shape index (κ2) is 9.95. The first-order chi connectivity index (χ1) is 9.70. The number of hydrogen-bond acceptors (Lipinski definition) is 2. The van der Waals surface area contributed by atoms with Crippen LogP contribution in [0.25, 0.3) is 0 Å². The fourth-order valence-corrected chi connectivity index (χ4v) is 2.79. The Balaban J connectivity index is 2.34. The smallest absolute Gasteiger partial charge is 0.0462 e. The largest absolute Gasteiger partial charge is 0.271 e. The molecule has 2 nitrogen and oxygen atoms in total. The van der Waals surface area contributed by atoms with E-state index in [0.29, 0.717) is 6.04 Å². The van der Waals surface area contributed by atoms with Crippen molar-refractivity contribution in [3.63, 3.8) is 0 Å². The van der Waals surface area contributed by atoms with Gasteiger partial charge < -0.3 is 0 Å². The van der Waals surface area contributed by atoms with Gasteiger partial charge in [-0.05, 0) is 37.0 Å². The van der Waals surface area contributed by atoms with Crippen molar-refractivity contribution in [1.29, 1.82) is 0 Å². The number of hydrogen-bond donors (Lipinski definition) is 2. The van der Waals surface area contributed by atoms with Crippen LogP contribution in [0.15, 0.2) is 18.2 Å². The van der Waals surface area contributed by atoms with Gasteiger partial charge >= 0.3 is 0 Å². The molecule has 3 N–H and O–H groups in total. The summed E-state index contributed by atoms with van der Waals surface area (Å²) in [4.78, 5) is 0. The van der Waals surface area contributed by atoms with Crippen molar-refractivity contribution in [1.82, 2.24) is 5.43 Å². The van der Waals surface area contributed by atoms with Crippen molar-refractivity contribution in [2.45, 2.75) is 78.2 Å². The maximum atomic E-state index is 5.75. The van der Waals surface area contributed by atoms with Crippen LogP contribution in [0.5, 0.6) is 0 Å². The van der Waals surface area contributed by atoms with Crippen molar-refractivity contribution in [3.05, 3.63) is 34.9 Å². The Morgan fingerprint density at radius 1 is 1.00 bits per heavy atom. The Hall–Kier alpha value is -0.860. The van der Waals surface area contributed by atoms with E-state index < -0.39 is 0 Å². The molecule has 1 aromatic rings. The lowest BCUT2D eigenvalue weighted by Crippen LogP contribution is -2.28. The molecule has 20 heavy (non-hydrogen) atoms. The first kappa shape index (κ1) is 17.2. The van der Waals surface area contributed by atoms with E-state index in [2.05, 4.69) is 44.4 Å². The molecule has 0 amide bonds. The van der Waals surface area contributed by atoms with Crippen LogP contribution >= 0.6 is 0 Å². The number of benzene rings is 1. The summed E-state index contributed by atoms with van der Waals surface area (Å²) in [7, 11) is 0. The molecule has 0 bridgehead atoms. The summed E-state index contributed by atoms with van der Waals surface area (Å²) in [5.41, 5.74) is 7.08. The van der Waals surface area contributed by atoms with Crippen LogP contribution in [0.2, 0.25) is 0 Å². The van der Waals surface area contributed by atoms with E-state index in [-0.39, 0.29) is 0 Å². The Morgan fingerprint density at radius 3 is 2.30 bits per heavy atom. The average Bonchev–Trinajstić information content (AvgIpc) is 2.46. The SMILES string of the molecule is CCCCCCCCCC(NN)c1cccc(C)c1C. The first-order valence-electron chi connectivity index (χ1n) is 8.23. The Kier molecular flexibility index (Phi) is 8.56. The zero-order chi connectivity index (χ0) is 14.8. The van der Waals surface area contributed by atoms with Crippen LogP contribution in [0.1, 0.15) is 81.0 Å². The quantitative estimate of drug-likeness (QED) is 0.360. The highest BCUT2D eigenvalue weighted by Gasteiger charge is 2.12. The molecule has 0 saturated carbocycles. The maximum absolute atomic E-state index is 5.75. The monoisotopic (exact) mass is 276 g/mol. The van der Waals surface area contributed by atoms with Crippen LogP contribution in [0, 0.1) is 13.8 Å². The highest BCUT2D eigenvalue weighted by molar-refractivity contribution is 5.35. The lowest BCUT2D eigenvalue weighted by molar-refractivity contribution is 0.474. The first-order valence-corrected chi connectivity index (χ1v) is 8.23. The van der Waals surface area contributed by atoms with Gasteiger partial charge in [0.25, 0.3) is 0 Å². The Bertz CT molecular complexity index is 374. The van der Waals surface area contributed by atoms with E-state index in [4.69, 9.17) is 5.84 Å². The Morgan fingerprint density at radius 2 is 1.65 bits per heavy atom. The molecule has 0 fully saturated rings. The van der Waals surface area contributed by atoms with Crippen LogP contribution in [-0.4, -0.2) is 0 Å². The zero-order valence-corrected chi connectivity index (χ0v) is 13.5. The molecule has 0 heterocycles. The normalized spacial score (nSPS) is 12.6. The molecule has 0 aliphatic rings. The molecular weight excluding hydrogens is 244 g/mol. The van der Waals surface area contributed by atoms with Crippen molar-refractivity contribution >= 4 is 0 Å². The topological polar surface area (TPSA) is 38.0 Å². The summed E-state index contributed by atoms with van der Waals surface area (Å²) >= 11 is 0. The van der Waals surface area contributed by atoms with E-state index in [0.717, 1.165) is 6.42 Å². The molecular formula is C18H32N2. The fraction of sp³-hybridized carbons (Fsp3) is 0.667. The number of nitrogens with two attached hydrogens (primary N) is 1. The van der Waals surface area contributed by atoms with Gasteiger partial charge in [0.1, 0.15) is 0 Å². The average molecular weight is 276 g/mol. The van der Waals surface area contributed by atoms with Crippen molar-refractivity contribution < 1.29 is 0 Å². The molecule has 0 saturated heterocycles. The molecule has 114 valence electrons. The predicted molar refractivity (Wildman–Crippen MR) is 88.6 cm³/mol. The maximum Gasteiger partial charge on any atom is 0.0462 e. The number of aryl methyl sites for hydroxylation is 1. The third-order valence-corrected chi connectivity index (χ3v) is 4.32. The van der Waals surface area contributed by atoms with Gasteiger partial charge in [-0.15, -0.1) is 0 Å².